The Kier molecular flexibility index (Phi) is 5.83. The molecule has 0 fully saturated rings. The van der Waals surface area contributed by atoms with E-state index < -0.39 is 0 Å². The molecule has 1 rings (SSSR count). The molecule has 0 radical (unpaired) electrons. The number of rotatable bonds is 7. The smallest absolute Gasteiger partial charge is 0.0236 e. The largest absolute Gasteiger partial charge is 0.319 e. The van der Waals surface area contributed by atoms with Gasteiger partial charge in [-0.2, -0.15) is 0 Å². The number of likely N-dealkylation sites (N-methyl/N-ethyl adjacent to an activating group) is 2. The lowest BCUT2D eigenvalue weighted by atomic mass is 10.0. The molecule has 0 saturated heterocycles. The van der Waals surface area contributed by atoms with E-state index in [1.54, 1.807) is 0 Å². The summed E-state index contributed by atoms with van der Waals surface area (Å²) in [6.07, 6.45) is 3.03. The Labute approximate surface area is 99.0 Å². The van der Waals surface area contributed by atoms with Crippen LogP contribution in [0.25, 0.3) is 0 Å². The molecular weight excluding hydrogens is 196 g/mol. The van der Waals surface area contributed by atoms with Gasteiger partial charge in [-0.05, 0) is 38.2 Å². The van der Waals surface area contributed by atoms with Crippen LogP contribution in [0.5, 0.6) is 0 Å². The zero-order valence-electron chi connectivity index (χ0n) is 10.4. The van der Waals surface area contributed by atoms with Crippen molar-refractivity contribution in [1.82, 2.24) is 10.2 Å². The first-order valence-corrected chi connectivity index (χ1v) is 5.78. The lowest BCUT2D eigenvalue weighted by molar-refractivity contribution is 0.362. The third-order valence-corrected chi connectivity index (χ3v) is 2.64. The fraction of sp³-hybridized carbons (Fsp3) is 0.429. The highest BCUT2D eigenvalue weighted by Gasteiger charge is 2.03. The molecule has 0 aromatic heterocycles. The molecule has 0 saturated carbocycles. The van der Waals surface area contributed by atoms with Gasteiger partial charge in [-0.1, -0.05) is 30.3 Å². The van der Waals surface area contributed by atoms with Gasteiger partial charge in [0.2, 0.25) is 0 Å². The minimum atomic E-state index is 0.931. The standard InChI is InChI=1S/C14H22N2/c1-4-11-16(3)12-14-8-6-5-7-13(14)9-10-15-2/h4-8,15H,1,9-12H2,2-3H3. The predicted octanol–water partition coefficient (Wildman–Crippen LogP) is 2.07. The second kappa shape index (κ2) is 7.20. The number of benzene rings is 1. The first-order chi connectivity index (χ1) is 7.77. The van der Waals surface area contributed by atoms with E-state index in [1.807, 2.05) is 13.1 Å². The molecule has 2 nitrogen and oxygen atoms in total. The normalized spacial score (nSPS) is 10.7. The lowest BCUT2D eigenvalue weighted by Crippen LogP contribution is -2.19. The summed E-state index contributed by atoms with van der Waals surface area (Å²) in [5, 5.41) is 3.19. The van der Waals surface area contributed by atoms with Gasteiger partial charge in [-0.3, -0.25) is 4.90 Å². The molecule has 1 aromatic carbocycles. The Morgan fingerprint density at radius 3 is 2.62 bits per heavy atom. The lowest BCUT2D eigenvalue weighted by Gasteiger charge is -2.17. The third kappa shape index (κ3) is 4.17. The van der Waals surface area contributed by atoms with Crippen molar-refractivity contribution in [3.63, 3.8) is 0 Å². The van der Waals surface area contributed by atoms with Gasteiger partial charge in [0.1, 0.15) is 0 Å². The summed E-state index contributed by atoms with van der Waals surface area (Å²) >= 11 is 0. The van der Waals surface area contributed by atoms with E-state index in [1.165, 1.54) is 11.1 Å². The topological polar surface area (TPSA) is 15.3 Å². The van der Waals surface area contributed by atoms with Crippen molar-refractivity contribution in [3.05, 3.63) is 48.0 Å². The Balaban J connectivity index is 2.66. The van der Waals surface area contributed by atoms with Gasteiger partial charge in [0, 0.05) is 13.1 Å². The summed E-state index contributed by atoms with van der Waals surface area (Å²) in [7, 11) is 4.11. The van der Waals surface area contributed by atoms with E-state index in [0.29, 0.717) is 0 Å². The molecule has 0 aliphatic carbocycles. The van der Waals surface area contributed by atoms with Crippen molar-refractivity contribution in [2.75, 3.05) is 27.2 Å². The predicted molar refractivity (Wildman–Crippen MR) is 70.6 cm³/mol. The van der Waals surface area contributed by atoms with Crippen LogP contribution in [0.2, 0.25) is 0 Å². The molecular formula is C14H22N2. The molecule has 0 heterocycles. The molecule has 1 aromatic rings. The molecule has 0 unspecified atom stereocenters. The summed E-state index contributed by atoms with van der Waals surface area (Å²) in [5.41, 5.74) is 2.86. The van der Waals surface area contributed by atoms with E-state index in [-0.39, 0.29) is 0 Å². The van der Waals surface area contributed by atoms with Gasteiger partial charge in [-0.25, -0.2) is 0 Å². The van der Waals surface area contributed by atoms with E-state index in [0.717, 1.165) is 26.1 Å². The zero-order valence-corrected chi connectivity index (χ0v) is 10.4. The maximum absolute atomic E-state index is 3.76. The van der Waals surface area contributed by atoms with Crippen molar-refractivity contribution in [2.45, 2.75) is 13.0 Å². The SMILES string of the molecule is C=CCN(C)Cc1ccccc1CCNC. The molecule has 1 N–H and O–H groups in total. The van der Waals surface area contributed by atoms with Crippen LogP contribution >= 0.6 is 0 Å². The maximum Gasteiger partial charge on any atom is 0.0236 e. The third-order valence-electron chi connectivity index (χ3n) is 2.64. The average Bonchev–Trinajstić information content (AvgIpc) is 2.28. The Morgan fingerprint density at radius 1 is 1.31 bits per heavy atom. The van der Waals surface area contributed by atoms with Crippen molar-refractivity contribution in [3.8, 4) is 0 Å². The summed E-state index contributed by atoms with van der Waals surface area (Å²) in [6.45, 7) is 6.72. The van der Waals surface area contributed by atoms with Crippen LogP contribution in [0.15, 0.2) is 36.9 Å². The molecule has 0 amide bonds. The van der Waals surface area contributed by atoms with Crippen molar-refractivity contribution >= 4 is 0 Å². The fourth-order valence-electron chi connectivity index (χ4n) is 1.79. The second-order valence-corrected chi connectivity index (χ2v) is 4.11. The second-order valence-electron chi connectivity index (χ2n) is 4.11. The quantitative estimate of drug-likeness (QED) is 0.705. The van der Waals surface area contributed by atoms with Gasteiger partial charge >= 0.3 is 0 Å². The maximum atomic E-state index is 3.76. The van der Waals surface area contributed by atoms with Crippen molar-refractivity contribution < 1.29 is 0 Å². The molecule has 0 spiro atoms. The van der Waals surface area contributed by atoms with Gasteiger partial charge in [0.05, 0.1) is 0 Å². The van der Waals surface area contributed by atoms with Crippen molar-refractivity contribution in [1.29, 1.82) is 0 Å². The Hall–Kier alpha value is -1.12. The molecule has 16 heavy (non-hydrogen) atoms. The molecule has 0 atom stereocenters. The number of hydrogen-bond donors (Lipinski definition) is 1. The highest BCUT2D eigenvalue weighted by atomic mass is 15.1. The van der Waals surface area contributed by atoms with E-state index in [9.17, 15) is 0 Å². The monoisotopic (exact) mass is 218 g/mol. The molecule has 88 valence electrons. The first kappa shape index (κ1) is 12.9. The van der Waals surface area contributed by atoms with E-state index in [4.69, 9.17) is 0 Å². The van der Waals surface area contributed by atoms with Gasteiger partial charge in [0.25, 0.3) is 0 Å². The van der Waals surface area contributed by atoms with Gasteiger partial charge in [0.15, 0.2) is 0 Å². The minimum absolute atomic E-state index is 0.931. The van der Waals surface area contributed by atoms with Crippen LogP contribution in [-0.4, -0.2) is 32.1 Å². The molecule has 0 bridgehead atoms. The number of nitrogens with zero attached hydrogens (tertiary/aromatic N) is 1. The van der Waals surface area contributed by atoms with Crippen LogP contribution in [0.3, 0.4) is 0 Å². The highest BCUT2D eigenvalue weighted by Crippen LogP contribution is 2.11. The van der Waals surface area contributed by atoms with Crippen LogP contribution < -0.4 is 5.32 Å². The van der Waals surface area contributed by atoms with E-state index >= 15 is 0 Å². The summed E-state index contributed by atoms with van der Waals surface area (Å²) in [5.74, 6) is 0. The number of nitrogens with one attached hydrogen (secondary N) is 1. The first-order valence-electron chi connectivity index (χ1n) is 5.78. The van der Waals surface area contributed by atoms with Crippen LogP contribution in [-0.2, 0) is 13.0 Å². The Morgan fingerprint density at radius 2 is 2.00 bits per heavy atom. The zero-order chi connectivity index (χ0) is 11.8. The average molecular weight is 218 g/mol. The van der Waals surface area contributed by atoms with Gasteiger partial charge < -0.3 is 5.32 Å². The van der Waals surface area contributed by atoms with Crippen LogP contribution in [0.4, 0.5) is 0 Å². The number of hydrogen-bond acceptors (Lipinski definition) is 2. The summed E-state index contributed by atoms with van der Waals surface area (Å²) in [6, 6.07) is 8.65. The minimum Gasteiger partial charge on any atom is -0.319 e. The molecule has 0 aliphatic rings. The Bertz CT molecular complexity index is 320. The van der Waals surface area contributed by atoms with Crippen LogP contribution in [0.1, 0.15) is 11.1 Å². The van der Waals surface area contributed by atoms with Crippen molar-refractivity contribution in [2.24, 2.45) is 0 Å². The molecule has 0 aliphatic heterocycles. The summed E-state index contributed by atoms with van der Waals surface area (Å²) < 4.78 is 0. The highest BCUT2D eigenvalue weighted by molar-refractivity contribution is 5.27. The van der Waals surface area contributed by atoms with E-state index in [2.05, 4.69) is 48.1 Å². The van der Waals surface area contributed by atoms with Gasteiger partial charge in [-0.15, -0.1) is 6.58 Å². The fourth-order valence-corrected chi connectivity index (χ4v) is 1.79. The van der Waals surface area contributed by atoms with Crippen LogP contribution in [0, 0.1) is 0 Å². The molecule has 2 heteroatoms. The summed E-state index contributed by atoms with van der Waals surface area (Å²) in [4.78, 5) is 2.27.